The molecule has 0 saturated heterocycles. The van der Waals surface area contributed by atoms with E-state index in [0.29, 0.717) is 5.69 Å². The lowest BCUT2D eigenvalue weighted by atomic mass is 10.2. The lowest BCUT2D eigenvalue weighted by molar-refractivity contribution is 0.0996. The molecule has 0 spiro atoms. The van der Waals surface area contributed by atoms with Crippen LogP contribution in [0.5, 0.6) is 11.6 Å². The van der Waals surface area contributed by atoms with Crippen molar-refractivity contribution >= 4 is 11.6 Å². The fraction of sp³-hybridized carbons (Fsp3) is 0. The van der Waals surface area contributed by atoms with Gasteiger partial charge in [0.05, 0.1) is 17.4 Å². The molecule has 0 bridgehead atoms. The Kier molecular flexibility index (Phi) is 3.48. The average Bonchev–Trinajstić information content (AvgIpc) is 2.40. The van der Waals surface area contributed by atoms with Crippen LogP contribution in [0.1, 0.15) is 15.9 Å². The monoisotopic (exact) mass is 272 g/mol. The van der Waals surface area contributed by atoms with E-state index in [9.17, 15) is 9.18 Å². The van der Waals surface area contributed by atoms with Crippen molar-refractivity contribution < 1.29 is 13.9 Å². The number of rotatable bonds is 3. The van der Waals surface area contributed by atoms with E-state index in [2.05, 4.69) is 4.98 Å². The van der Waals surface area contributed by atoms with Crippen molar-refractivity contribution in [3.63, 3.8) is 0 Å². The Morgan fingerprint density at radius 1 is 1.40 bits per heavy atom. The Hall–Kier alpha value is -3.14. The Balaban J connectivity index is 2.34. The summed E-state index contributed by atoms with van der Waals surface area (Å²) >= 11 is 0. The summed E-state index contributed by atoms with van der Waals surface area (Å²) in [5.41, 5.74) is 10.7. The summed E-state index contributed by atoms with van der Waals surface area (Å²) in [6.07, 6.45) is 1.31. The maximum atomic E-state index is 13.6. The second-order valence-electron chi connectivity index (χ2n) is 3.84. The van der Waals surface area contributed by atoms with Gasteiger partial charge in [-0.05, 0) is 18.2 Å². The standard InChI is InChI=1S/C13H9FN4O2/c14-11-4-9(1-2-10(11)12(17)19)20-13-7(5-15)3-8(16)6-18-13/h1-4,6H,16H2,(H2,17,19). The maximum absolute atomic E-state index is 13.6. The highest BCUT2D eigenvalue weighted by atomic mass is 19.1. The molecule has 2 rings (SSSR count). The number of benzene rings is 1. The van der Waals surface area contributed by atoms with Crippen molar-refractivity contribution in [3.8, 4) is 17.7 Å². The number of hydrogen-bond donors (Lipinski definition) is 2. The van der Waals surface area contributed by atoms with Gasteiger partial charge in [0.25, 0.3) is 5.91 Å². The Labute approximate surface area is 113 Å². The first kappa shape index (κ1) is 13.3. The zero-order valence-electron chi connectivity index (χ0n) is 10.1. The fourth-order valence-electron chi connectivity index (χ4n) is 1.50. The third-order valence-electron chi connectivity index (χ3n) is 2.41. The predicted octanol–water partition coefficient (Wildman–Crippen LogP) is 1.57. The molecule has 4 N–H and O–H groups in total. The van der Waals surface area contributed by atoms with Crippen LogP contribution in [0, 0.1) is 17.1 Å². The molecule has 2 aromatic rings. The predicted molar refractivity (Wildman–Crippen MR) is 68.4 cm³/mol. The van der Waals surface area contributed by atoms with E-state index in [0.717, 1.165) is 6.07 Å². The van der Waals surface area contributed by atoms with Gasteiger partial charge < -0.3 is 16.2 Å². The number of pyridine rings is 1. The molecule has 20 heavy (non-hydrogen) atoms. The average molecular weight is 272 g/mol. The number of carbonyl (C=O) groups excluding carboxylic acids is 1. The summed E-state index contributed by atoms with van der Waals surface area (Å²) in [5.74, 6) is -1.62. The van der Waals surface area contributed by atoms with Crippen molar-refractivity contribution in [1.82, 2.24) is 4.98 Å². The highest BCUT2D eigenvalue weighted by molar-refractivity contribution is 5.93. The first-order valence-corrected chi connectivity index (χ1v) is 5.44. The van der Waals surface area contributed by atoms with Gasteiger partial charge in [0, 0.05) is 6.07 Å². The molecule has 0 unspecified atom stereocenters. The van der Waals surface area contributed by atoms with Crippen LogP contribution >= 0.6 is 0 Å². The van der Waals surface area contributed by atoms with Crippen LogP contribution in [-0.2, 0) is 0 Å². The molecule has 0 aliphatic heterocycles. The number of hydrogen-bond acceptors (Lipinski definition) is 5. The minimum Gasteiger partial charge on any atom is -0.438 e. The molecule has 1 amide bonds. The van der Waals surface area contributed by atoms with E-state index in [1.807, 2.05) is 6.07 Å². The zero-order chi connectivity index (χ0) is 14.7. The molecule has 1 heterocycles. The third-order valence-corrected chi connectivity index (χ3v) is 2.41. The second kappa shape index (κ2) is 5.24. The zero-order valence-corrected chi connectivity index (χ0v) is 10.1. The first-order valence-electron chi connectivity index (χ1n) is 5.44. The molecule has 0 fully saturated rings. The van der Waals surface area contributed by atoms with Gasteiger partial charge in [-0.1, -0.05) is 0 Å². The van der Waals surface area contributed by atoms with Gasteiger partial charge in [-0.2, -0.15) is 5.26 Å². The highest BCUT2D eigenvalue weighted by Gasteiger charge is 2.12. The van der Waals surface area contributed by atoms with Gasteiger partial charge in [-0.15, -0.1) is 0 Å². The summed E-state index contributed by atoms with van der Waals surface area (Å²) in [4.78, 5) is 14.7. The number of primary amides is 1. The van der Waals surface area contributed by atoms with Gasteiger partial charge in [-0.3, -0.25) is 4.79 Å². The normalized spacial score (nSPS) is 9.80. The molecule has 1 aromatic carbocycles. The van der Waals surface area contributed by atoms with Gasteiger partial charge in [0.1, 0.15) is 23.2 Å². The van der Waals surface area contributed by atoms with Crippen molar-refractivity contribution in [1.29, 1.82) is 5.26 Å². The number of nitrogen functional groups attached to an aromatic ring is 1. The highest BCUT2D eigenvalue weighted by Crippen LogP contribution is 2.25. The van der Waals surface area contributed by atoms with Crippen molar-refractivity contribution in [2.75, 3.05) is 5.73 Å². The number of anilines is 1. The minimum absolute atomic E-state index is 0.00655. The molecular formula is C13H9FN4O2. The summed E-state index contributed by atoms with van der Waals surface area (Å²) in [6, 6.07) is 6.78. The summed E-state index contributed by atoms with van der Waals surface area (Å²) < 4.78 is 18.9. The third kappa shape index (κ3) is 2.64. The lowest BCUT2D eigenvalue weighted by Gasteiger charge is -2.07. The lowest BCUT2D eigenvalue weighted by Crippen LogP contribution is -2.12. The Morgan fingerprint density at radius 3 is 2.75 bits per heavy atom. The Morgan fingerprint density at radius 2 is 2.15 bits per heavy atom. The number of nitrogens with two attached hydrogens (primary N) is 2. The minimum atomic E-state index is -0.877. The first-order chi connectivity index (χ1) is 9.51. The number of halogens is 1. The summed E-state index contributed by atoms with van der Waals surface area (Å²) in [5, 5.41) is 8.93. The molecule has 1 aromatic heterocycles. The molecular weight excluding hydrogens is 263 g/mol. The van der Waals surface area contributed by atoms with Gasteiger partial charge in [0.2, 0.25) is 5.88 Å². The summed E-state index contributed by atoms with van der Waals surface area (Å²) in [7, 11) is 0. The molecule has 0 aliphatic carbocycles. The van der Waals surface area contributed by atoms with Crippen LogP contribution in [0.4, 0.5) is 10.1 Å². The van der Waals surface area contributed by atoms with Gasteiger partial charge in [0.15, 0.2) is 0 Å². The van der Waals surface area contributed by atoms with Gasteiger partial charge in [-0.25, -0.2) is 9.37 Å². The van der Waals surface area contributed by atoms with Crippen molar-refractivity contribution in [2.45, 2.75) is 0 Å². The van der Waals surface area contributed by atoms with Crippen LogP contribution < -0.4 is 16.2 Å². The molecule has 6 nitrogen and oxygen atoms in total. The topological polar surface area (TPSA) is 115 Å². The number of carbonyl (C=O) groups is 1. The van der Waals surface area contributed by atoms with E-state index in [1.54, 1.807) is 0 Å². The van der Waals surface area contributed by atoms with Crippen molar-refractivity contribution in [3.05, 3.63) is 47.4 Å². The summed E-state index contributed by atoms with van der Waals surface area (Å²) in [6.45, 7) is 0. The van der Waals surface area contributed by atoms with Crippen LogP contribution in [0.3, 0.4) is 0 Å². The van der Waals surface area contributed by atoms with E-state index in [1.165, 1.54) is 24.4 Å². The maximum Gasteiger partial charge on any atom is 0.251 e. The number of amides is 1. The quantitative estimate of drug-likeness (QED) is 0.879. The van der Waals surface area contributed by atoms with Gasteiger partial charge >= 0.3 is 0 Å². The number of ether oxygens (including phenoxy) is 1. The Bertz CT molecular complexity index is 725. The molecule has 0 saturated carbocycles. The second-order valence-corrected chi connectivity index (χ2v) is 3.84. The number of nitriles is 1. The van der Waals surface area contributed by atoms with Crippen LogP contribution in [-0.4, -0.2) is 10.9 Å². The molecule has 0 atom stereocenters. The number of aromatic nitrogens is 1. The van der Waals surface area contributed by atoms with E-state index < -0.39 is 11.7 Å². The van der Waals surface area contributed by atoms with Crippen molar-refractivity contribution in [2.24, 2.45) is 5.73 Å². The molecule has 0 radical (unpaired) electrons. The van der Waals surface area contributed by atoms with Crippen LogP contribution in [0.25, 0.3) is 0 Å². The van der Waals surface area contributed by atoms with Crippen LogP contribution in [0.15, 0.2) is 30.5 Å². The van der Waals surface area contributed by atoms with E-state index in [-0.39, 0.29) is 22.8 Å². The SMILES string of the molecule is N#Cc1cc(N)cnc1Oc1ccc(C(N)=O)c(F)c1. The number of nitrogens with zero attached hydrogens (tertiary/aromatic N) is 2. The van der Waals surface area contributed by atoms with E-state index in [4.69, 9.17) is 21.5 Å². The molecule has 0 aliphatic rings. The fourth-order valence-corrected chi connectivity index (χ4v) is 1.50. The van der Waals surface area contributed by atoms with E-state index >= 15 is 0 Å². The van der Waals surface area contributed by atoms with Crippen LogP contribution in [0.2, 0.25) is 0 Å². The molecule has 7 heteroatoms. The molecule has 100 valence electrons. The largest absolute Gasteiger partial charge is 0.438 e. The smallest absolute Gasteiger partial charge is 0.251 e.